The molecule has 0 unspecified atom stereocenters. The summed E-state index contributed by atoms with van der Waals surface area (Å²) >= 11 is 0. The summed E-state index contributed by atoms with van der Waals surface area (Å²) < 4.78 is 0. The highest BCUT2D eigenvalue weighted by molar-refractivity contribution is 5.86. The number of ketones is 1. The van der Waals surface area contributed by atoms with Gasteiger partial charge in [0.05, 0.1) is 0 Å². The summed E-state index contributed by atoms with van der Waals surface area (Å²) in [5.41, 5.74) is 0.533. The molecule has 1 heteroatoms. The number of hydrogen-bond donors (Lipinski definition) is 0. The molecule has 18 heavy (non-hydrogen) atoms. The zero-order chi connectivity index (χ0) is 11.9. The summed E-state index contributed by atoms with van der Waals surface area (Å²) in [5.74, 6) is 5.48. The van der Waals surface area contributed by atoms with Crippen molar-refractivity contribution in [1.82, 2.24) is 0 Å². The minimum Gasteiger partial charge on any atom is -0.299 e. The molecule has 0 N–H and O–H groups in total. The molecule has 6 bridgehead atoms. The van der Waals surface area contributed by atoms with E-state index in [0.717, 1.165) is 29.5 Å². The van der Waals surface area contributed by atoms with Crippen molar-refractivity contribution in [1.29, 1.82) is 0 Å². The van der Waals surface area contributed by atoms with Gasteiger partial charge >= 0.3 is 0 Å². The van der Waals surface area contributed by atoms with E-state index in [1.54, 1.807) is 0 Å². The molecule has 5 fully saturated rings. The van der Waals surface area contributed by atoms with Crippen LogP contribution in [0, 0.1) is 40.9 Å². The van der Waals surface area contributed by atoms with Crippen LogP contribution in [0.15, 0.2) is 0 Å². The van der Waals surface area contributed by atoms with Crippen molar-refractivity contribution in [3.05, 3.63) is 0 Å². The maximum atomic E-state index is 12.9. The topological polar surface area (TPSA) is 17.1 Å². The molecule has 5 aliphatic rings. The quantitative estimate of drug-likeness (QED) is 0.633. The van der Waals surface area contributed by atoms with E-state index >= 15 is 0 Å². The van der Waals surface area contributed by atoms with E-state index in [1.165, 1.54) is 57.8 Å². The molecule has 0 heterocycles. The molecule has 1 nitrogen and oxygen atoms in total. The van der Waals surface area contributed by atoms with Crippen LogP contribution >= 0.6 is 0 Å². The third kappa shape index (κ3) is 0.980. The zero-order valence-corrected chi connectivity index (χ0v) is 11.2. The van der Waals surface area contributed by atoms with Gasteiger partial charge in [0.1, 0.15) is 5.78 Å². The highest BCUT2D eigenvalue weighted by Gasteiger charge is 2.69. The van der Waals surface area contributed by atoms with E-state index in [4.69, 9.17) is 0 Å². The van der Waals surface area contributed by atoms with Gasteiger partial charge in [-0.15, -0.1) is 0 Å². The van der Waals surface area contributed by atoms with Gasteiger partial charge in [-0.1, -0.05) is 12.8 Å². The second-order valence-electron chi connectivity index (χ2n) is 8.03. The Morgan fingerprint density at radius 3 is 2.78 bits per heavy atom. The number of hydrogen-bond acceptors (Lipinski definition) is 1. The SMILES string of the molecule is O=C1[C@H]2CCCC[C@H]1[C@@]13C[C@H]2C[C@@H]1[C@H]1CC[C@H]3C1. The van der Waals surface area contributed by atoms with Crippen molar-refractivity contribution in [2.75, 3.05) is 0 Å². The molecule has 5 saturated carbocycles. The number of Topliss-reactive ketones (excluding diaryl/α,β-unsaturated/α-hetero) is 1. The van der Waals surface area contributed by atoms with Gasteiger partial charge in [0.15, 0.2) is 0 Å². The fraction of sp³-hybridized carbons (Fsp3) is 0.941. The monoisotopic (exact) mass is 244 g/mol. The van der Waals surface area contributed by atoms with Crippen LogP contribution in [0.5, 0.6) is 0 Å². The van der Waals surface area contributed by atoms with Crippen molar-refractivity contribution in [2.24, 2.45) is 40.9 Å². The van der Waals surface area contributed by atoms with Gasteiger partial charge in [0, 0.05) is 11.8 Å². The molecule has 5 rings (SSSR count). The first-order valence-electron chi connectivity index (χ1n) is 8.34. The summed E-state index contributed by atoms with van der Waals surface area (Å²) in [5, 5.41) is 0. The molecule has 7 atom stereocenters. The van der Waals surface area contributed by atoms with Crippen LogP contribution in [-0.2, 0) is 4.79 Å². The van der Waals surface area contributed by atoms with E-state index < -0.39 is 0 Å². The minimum atomic E-state index is 0.494. The molecule has 0 aromatic carbocycles. The number of carbonyl (C=O) groups is 1. The number of rotatable bonds is 0. The largest absolute Gasteiger partial charge is 0.299 e. The first-order valence-corrected chi connectivity index (χ1v) is 8.34. The Hall–Kier alpha value is -0.330. The van der Waals surface area contributed by atoms with Crippen LogP contribution in [0.3, 0.4) is 0 Å². The van der Waals surface area contributed by atoms with Gasteiger partial charge in [-0.25, -0.2) is 0 Å². The lowest BCUT2D eigenvalue weighted by Crippen LogP contribution is -2.47. The van der Waals surface area contributed by atoms with E-state index in [0.29, 0.717) is 17.3 Å². The normalized spacial score (nSPS) is 60.8. The molecule has 0 aromatic heterocycles. The first-order chi connectivity index (χ1) is 8.80. The third-order valence-electron chi connectivity index (χ3n) is 7.85. The summed E-state index contributed by atoms with van der Waals surface area (Å²) in [4.78, 5) is 12.9. The number of fused-ring (bicyclic) bond motifs is 7. The second-order valence-corrected chi connectivity index (χ2v) is 8.03. The van der Waals surface area contributed by atoms with Crippen LogP contribution in [0.25, 0.3) is 0 Å². The first kappa shape index (κ1) is 10.5. The molecular weight excluding hydrogens is 220 g/mol. The summed E-state index contributed by atoms with van der Waals surface area (Å²) in [6, 6.07) is 0. The van der Waals surface area contributed by atoms with Gasteiger partial charge in [0.2, 0.25) is 0 Å². The van der Waals surface area contributed by atoms with Gasteiger partial charge in [-0.3, -0.25) is 4.79 Å². The molecule has 0 amide bonds. The lowest BCUT2D eigenvalue weighted by atomic mass is 9.55. The average molecular weight is 244 g/mol. The van der Waals surface area contributed by atoms with Gasteiger partial charge in [0.25, 0.3) is 0 Å². The van der Waals surface area contributed by atoms with Crippen LogP contribution in [0.2, 0.25) is 0 Å². The van der Waals surface area contributed by atoms with E-state index in [2.05, 4.69) is 0 Å². The van der Waals surface area contributed by atoms with Gasteiger partial charge in [-0.2, -0.15) is 0 Å². The molecule has 1 spiro atoms. The van der Waals surface area contributed by atoms with Crippen molar-refractivity contribution in [3.63, 3.8) is 0 Å². The number of carbonyl (C=O) groups excluding carboxylic acids is 1. The van der Waals surface area contributed by atoms with Crippen molar-refractivity contribution < 1.29 is 4.79 Å². The molecule has 0 radical (unpaired) electrons. The van der Waals surface area contributed by atoms with Crippen LogP contribution in [-0.4, -0.2) is 5.78 Å². The zero-order valence-electron chi connectivity index (χ0n) is 11.2. The Morgan fingerprint density at radius 1 is 0.944 bits per heavy atom. The lowest BCUT2D eigenvalue weighted by Gasteiger charge is -2.48. The summed E-state index contributed by atoms with van der Waals surface area (Å²) in [6.45, 7) is 0. The average Bonchev–Trinajstić information content (AvgIpc) is 3.00. The summed E-state index contributed by atoms with van der Waals surface area (Å²) in [7, 11) is 0. The van der Waals surface area contributed by atoms with E-state index in [9.17, 15) is 4.79 Å². The maximum Gasteiger partial charge on any atom is 0.139 e. The Labute approximate surface area is 110 Å². The van der Waals surface area contributed by atoms with E-state index in [-0.39, 0.29) is 0 Å². The van der Waals surface area contributed by atoms with Crippen molar-refractivity contribution >= 4 is 5.78 Å². The van der Waals surface area contributed by atoms with Gasteiger partial charge in [-0.05, 0) is 74.0 Å². The second kappa shape index (κ2) is 3.22. The predicted octanol–water partition coefficient (Wildman–Crippen LogP) is 3.82. The fourth-order valence-electron chi connectivity index (χ4n) is 7.45. The Kier molecular flexibility index (Phi) is 1.87. The molecule has 0 aromatic rings. The van der Waals surface area contributed by atoms with Crippen LogP contribution < -0.4 is 0 Å². The van der Waals surface area contributed by atoms with Crippen LogP contribution in [0.4, 0.5) is 0 Å². The van der Waals surface area contributed by atoms with Crippen molar-refractivity contribution in [2.45, 2.75) is 57.8 Å². The maximum absolute atomic E-state index is 12.9. The third-order valence-corrected chi connectivity index (χ3v) is 7.85. The predicted molar refractivity (Wildman–Crippen MR) is 69.9 cm³/mol. The Morgan fingerprint density at radius 2 is 1.83 bits per heavy atom. The molecule has 5 aliphatic carbocycles. The molecular formula is C17H24O. The Bertz CT molecular complexity index is 414. The fourth-order valence-corrected chi connectivity index (χ4v) is 7.45. The standard InChI is InChI=1S/C17H24O/c18-16-13-3-1-2-4-14(16)17-9-11(13)8-15(17)10-5-6-12(17)7-10/h10-15H,1-9H2/t10-,11+,12-,13-,14+,15+,17-/m0/s1. The van der Waals surface area contributed by atoms with Gasteiger partial charge < -0.3 is 0 Å². The molecule has 98 valence electrons. The minimum absolute atomic E-state index is 0.494. The highest BCUT2D eigenvalue weighted by Crippen LogP contribution is 2.74. The van der Waals surface area contributed by atoms with E-state index in [1.807, 2.05) is 0 Å². The lowest BCUT2D eigenvalue weighted by molar-refractivity contribution is -0.139. The highest BCUT2D eigenvalue weighted by atomic mass is 16.1. The molecule has 0 saturated heterocycles. The summed E-state index contributed by atoms with van der Waals surface area (Å²) in [6.07, 6.45) is 12.5. The van der Waals surface area contributed by atoms with Crippen LogP contribution in [0.1, 0.15) is 57.8 Å². The van der Waals surface area contributed by atoms with Crippen molar-refractivity contribution in [3.8, 4) is 0 Å². The Balaban J connectivity index is 1.66. The molecule has 0 aliphatic heterocycles. The smallest absolute Gasteiger partial charge is 0.139 e.